The minimum Gasteiger partial charge on any atom is -0.345 e. The average Bonchev–Trinajstić information content (AvgIpc) is 3.33. The van der Waals surface area contributed by atoms with Crippen molar-refractivity contribution in [2.75, 3.05) is 0 Å². The molecular formula is C22H20ClF3N6O. The molecule has 0 saturated carbocycles. The third-order valence-corrected chi connectivity index (χ3v) is 5.57. The van der Waals surface area contributed by atoms with E-state index in [4.69, 9.17) is 11.6 Å². The summed E-state index contributed by atoms with van der Waals surface area (Å²) in [5, 5.41) is 10.8. The Hall–Kier alpha value is -3.40. The first-order valence-corrected chi connectivity index (χ1v) is 10.5. The lowest BCUT2D eigenvalue weighted by molar-refractivity contribution is -0.142. The molecule has 1 aromatic carbocycles. The summed E-state index contributed by atoms with van der Waals surface area (Å²) in [5.41, 5.74) is 0.978. The number of hydrogen-bond acceptors (Lipinski definition) is 4. The van der Waals surface area contributed by atoms with Crippen molar-refractivity contribution in [3.8, 4) is 11.3 Å². The van der Waals surface area contributed by atoms with Crippen LogP contribution in [-0.2, 0) is 19.8 Å². The normalized spacial score (nSPS) is 12.0. The van der Waals surface area contributed by atoms with Gasteiger partial charge in [0.25, 0.3) is 5.91 Å². The summed E-state index contributed by atoms with van der Waals surface area (Å²) >= 11 is 6.02. The van der Waals surface area contributed by atoms with Gasteiger partial charge in [0.1, 0.15) is 0 Å². The zero-order valence-electron chi connectivity index (χ0n) is 18.0. The van der Waals surface area contributed by atoms with Gasteiger partial charge in [-0.2, -0.15) is 23.4 Å². The van der Waals surface area contributed by atoms with Gasteiger partial charge >= 0.3 is 6.18 Å². The summed E-state index contributed by atoms with van der Waals surface area (Å²) in [6.07, 6.45) is -3.27. The summed E-state index contributed by atoms with van der Waals surface area (Å²) in [4.78, 5) is 16.9. The number of aryl methyl sites for hydroxylation is 1. The highest BCUT2D eigenvalue weighted by atomic mass is 35.5. The Morgan fingerprint density at radius 1 is 1.18 bits per heavy atom. The minimum absolute atomic E-state index is 0.0368. The highest BCUT2D eigenvalue weighted by Gasteiger charge is 2.35. The van der Waals surface area contributed by atoms with Crippen molar-refractivity contribution in [1.29, 1.82) is 0 Å². The van der Waals surface area contributed by atoms with E-state index in [1.54, 1.807) is 19.2 Å². The van der Waals surface area contributed by atoms with Crippen LogP contribution in [0.25, 0.3) is 16.9 Å². The highest BCUT2D eigenvalue weighted by molar-refractivity contribution is 6.31. The molecule has 0 spiro atoms. The molecule has 0 unspecified atom stereocenters. The molecule has 1 N–H and O–H groups in total. The summed E-state index contributed by atoms with van der Waals surface area (Å²) in [7, 11) is 1.66. The molecule has 11 heteroatoms. The predicted molar refractivity (Wildman–Crippen MR) is 117 cm³/mol. The standard InChI is InChI=1S/C22H20ClF3N6O/c1-12(2)13-4-6-14(7-5-13)16-8-19(22(24,25)26)32-20(29-16)9-17(30-32)21(33)27-11-18-15(23)10-28-31(18)3/h4-10,12H,11H2,1-3H3,(H,27,33). The molecule has 3 heterocycles. The van der Waals surface area contributed by atoms with Crippen molar-refractivity contribution in [2.24, 2.45) is 7.05 Å². The van der Waals surface area contributed by atoms with Crippen molar-refractivity contribution >= 4 is 23.2 Å². The smallest absolute Gasteiger partial charge is 0.345 e. The zero-order valence-corrected chi connectivity index (χ0v) is 18.7. The molecule has 0 atom stereocenters. The van der Waals surface area contributed by atoms with Crippen LogP contribution in [0.1, 0.15) is 47.2 Å². The van der Waals surface area contributed by atoms with E-state index >= 15 is 0 Å². The SMILES string of the molecule is CC(C)c1ccc(-c2cc(C(F)(F)F)n3nc(C(=O)NCc4c(Cl)cnn4C)cc3n2)cc1. The lowest BCUT2D eigenvalue weighted by Gasteiger charge is -2.12. The molecule has 4 rings (SSSR count). The molecule has 3 aromatic heterocycles. The maximum atomic E-state index is 13.8. The fraction of sp³-hybridized carbons (Fsp3) is 0.273. The van der Waals surface area contributed by atoms with Gasteiger partial charge in [-0.05, 0) is 17.5 Å². The Labute approximate surface area is 192 Å². The van der Waals surface area contributed by atoms with Gasteiger partial charge in [0, 0.05) is 18.7 Å². The van der Waals surface area contributed by atoms with Gasteiger partial charge in [0.15, 0.2) is 17.0 Å². The maximum Gasteiger partial charge on any atom is 0.433 e. The van der Waals surface area contributed by atoms with Gasteiger partial charge in [-0.25, -0.2) is 9.50 Å². The van der Waals surface area contributed by atoms with E-state index in [2.05, 4.69) is 20.5 Å². The molecule has 0 aliphatic heterocycles. The van der Waals surface area contributed by atoms with Gasteiger partial charge in [0.2, 0.25) is 0 Å². The Bertz CT molecular complexity index is 1310. The third kappa shape index (κ3) is 4.56. The van der Waals surface area contributed by atoms with Crippen LogP contribution in [0.5, 0.6) is 0 Å². The van der Waals surface area contributed by atoms with Crippen molar-refractivity contribution in [3.05, 3.63) is 70.3 Å². The van der Waals surface area contributed by atoms with E-state index < -0.39 is 17.8 Å². The molecule has 0 bridgehead atoms. The first-order chi connectivity index (χ1) is 15.5. The Balaban J connectivity index is 1.70. The summed E-state index contributed by atoms with van der Waals surface area (Å²) in [5.74, 6) is -0.369. The summed E-state index contributed by atoms with van der Waals surface area (Å²) in [6.45, 7) is 4.10. The van der Waals surface area contributed by atoms with Gasteiger partial charge in [-0.1, -0.05) is 49.7 Å². The van der Waals surface area contributed by atoms with Crippen LogP contribution in [0.4, 0.5) is 13.2 Å². The third-order valence-electron chi connectivity index (χ3n) is 5.25. The van der Waals surface area contributed by atoms with E-state index in [1.165, 1.54) is 16.9 Å². The van der Waals surface area contributed by atoms with E-state index in [0.717, 1.165) is 11.6 Å². The lowest BCUT2D eigenvalue weighted by atomic mass is 10.0. The Morgan fingerprint density at radius 3 is 2.45 bits per heavy atom. The topological polar surface area (TPSA) is 77.1 Å². The molecule has 4 aromatic rings. The van der Waals surface area contributed by atoms with Crippen LogP contribution < -0.4 is 5.32 Å². The Kier molecular flexibility index (Phi) is 5.87. The van der Waals surface area contributed by atoms with Crippen LogP contribution in [-0.4, -0.2) is 30.3 Å². The largest absolute Gasteiger partial charge is 0.433 e. The van der Waals surface area contributed by atoms with E-state index in [-0.39, 0.29) is 29.5 Å². The highest BCUT2D eigenvalue weighted by Crippen LogP contribution is 2.32. The molecular weight excluding hydrogens is 457 g/mol. The van der Waals surface area contributed by atoms with Crippen LogP contribution in [0.15, 0.2) is 42.6 Å². The number of nitrogens with zero attached hydrogens (tertiary/aromatic N) is 5. The molecule has 0 aliphatic carbocycles. The monoisotopic (exact) mass is 476 g/mol. The molecule has 0 saturated heterocycles. The van der Waals surface area contributed by atoms with Crippen LogP contribution in [0, 0.1) is 0 Å². The maximum absolute atomic E-state index is 13.8. The molecule has 172 valence electrons. The number of rotatable bonds is 5. The van der Waals surface area contributed by atoms with Crippen LogP contribution in [0.2, 0.25) is 5.02 Å². The molecule has 0 fully saturated rings. The Morgan fingerprint density at radius 2 is 1.88 bits per heavy atom. The predicted octanol–water partition coefficient (Wildman–Crippen LogP) is 4.86. The van der Waals surface area contributed by atoms with Crippen molar-refractivity contribution < 1.29 is 18.0 Å². The quantitative estimate of drug-likeness (QED) is 0.446. The first-order valence-electron chi connectivity index (χ1n) is 10.1. The fourth-order valence-corrected chi connectivity index (χ4v) is 3.60. The number of carbonyl (C=O) groups excluding carboxylic acids is 1. The fourth-order valence-electron chi connectivity index (χ4n) is 3.36. The van der Waals surface area contributed by atoms with E-state index in [0.29, 0.717) is 20.8 Å². The first kappa shape index (κ1) is 22.8. The second-order valence-electron chi connectivity index (χ2n) is 7.85. The minimum atomic E-state index is -4.70. The number of nitrogens with one attached hydrogen (secondary N) is 1. The number of carbonyl (C=O) groups is 1. The number of aromatic nitrogens is 5. The summed E-state index contributed by atoms with van der Waals surface area (Å²) < 4.78 is 43.5. The van der Waals surface area contributed by atoms with E-state index in [1.807, 2.05) is 26.0 Å². The van der Waals surface area contributed by atoms with Crippen LogP contribution >= 0.6 is 11.6 Å². The number of amides is 1. The molecule has 33 heavy (non-hydrogen) atoms. The second kappa shape index (κ2) is 8.51. The summed E-state index contributed by atoms with van der Waals surface area (Å²) in [6, 6.07) is 9.34. The van der Waals surface area contributed by atoms with Crippen molar-refractivity contribution in [3.63, 3.8) is 0 Å². The van der Waals surface area contributed by atoms with Crippen molar-refractivity contribution in [1.82, 2.24) is 29.7 Å². The van der Waals surface area contributed by atoms with Gasteiger partial charge < -0.3 is 5.32 Å². The number of alkyl halides is 3. The number of halogens is 4. The van der Waals surface area contributed by atoms with Crippen molar-refractivity contribution in [2.45, 2.75) is 32.5 Å². The van der Waals surface area contributed by atoms with E-state index in [9.17, 15) is 18.0 Å². The van der Waals surface area contributed by atoms with Gasteiger partial charge in [-0.15, -0.1) is 0 Å². The number of benzene rings is 1. The zero-order chi connectivity index (χ0) is 23.9. The van der Waals surface area contributed by atoms with Gasteiger partial charge in [-0.3, -0.25) is 9.48 Å². The van der Waals surface area contributed by atoms with Crippen LogP contribution in [0.3, 0.4) is 0 Å². The number of fused-ring (bicyclic) bond motifs is 1. The molecule has 0 aliphatic rings. The lowest BCUT2D eigenvalue weighted by Crippen LogP contribution is -2.25. The molecule has 1 amide bonds. The molecule has 7 nitrogen and oxygen atoms in total. The average molecular weight is 477 g/mol. The number of hydrogen-bond donors (Lipinski definition) is 1. The second-order valence-corrected chi connectivity index (χ2v) is 8.25. The van der Waals surface area contributed by atoms with Gasteiger partial charge in [0.05, 0.1) is 29.2 Å². The molecule has 0 radical (unpaired) electrons.